The number of hydrogen-bond acceptors (Lipinski definition) is 1. The summed E-state index contributed by atoms with van der Waals surface area (Å²) in [5.74, 6) is 1.10. The highest BCUT2D eigenvalue weighted by Gasteiger charge is 2.51. The van der Waals surface area contributed by atoms with E-state index in [0.29, 0.717) is 18.1 Å². The topological polar surface area (TPSA) is 17.1 Å². The Balaban J connectivity index is 1.71. The molecule has 1 spiro atoms. The summed E-state index contributed by atoms with van der Waals surface area (Å²) in [6, 6.07) is 11.6. The second kappa shape index (κ2) is 5.05. The number of benzene rings is 2. The summed E-state index contributed by atoms with van der Waals surface area (Å²) in [5, 5.41) is 2.66. The first kappa shape index (κ1) is 14.5. The predicted molar refractivity (Wildman–Crippen MR) is 98.4 cm³/mol. The van der Waals surface area contributed by atoms with Crippen molar-refractivity contribution in [3.05, 3.63) is 58.7 Å². The quantitative estimate of drug-likeness (QED) is 0.688. The number of Topliss-reactive ketones (excluding diaryl/α,β-unsaturated/α-hetero) is 1. The summed E-state index contributed by atoms with van der Waals surface area (Å²) in [5.41, 5.74) is 5.94. The van der Waals surface area contributed by atoms with Crippen LogP contribution in [0.1, 0.15) is 55.7 Å². The summed E-state index contributed by atoms with van der Waals surface area (Å²) < 4.78 is 0. The maximum absolute atomic E-state index is 12.5. The van der Waals surface area contributed by atoms with Crippen molar-refractivity contribution in [3.8, 4) is 0 Å². The molecule has 0 aromatic heterocycles. The minimum Gasteiger partial charge on any atom is -0.299 e. The first-order valence-corrected chi connectivity index (χ1v) is 9.43. The lowest BCUT2D eigenvalue weighted by Crippen LogP contribution is -2.39. The van der Waals surface area contributed by atoms with E-state index < -0.39 is 0 Å². The van der Waals surface area contributed by atoms with Crippen molar-refractivity contribution >= 4 is 16.6 Å². The number of aryl methyl sites for hydroxylation is 1. The first-order valence-electron chi connectivity index (χ1n) is 9.43. The van der Waals surface area contributed by atoms with E-state index in [1.54, 1.807) is 5.57 Å². The molecule has 24 heavy (non-hydrogen) atoms. The zero-order chi connectivity index (χ0) is 16.3. The van der Waals surface area contributed by atoms with Gasteiger partial charge in [-0.1, -0.05) is 55.3 Å². The Labute approximate surface area is 143 Å². The molecular formula is C23H24O. The van der Waals surface area contributed by atoms with Crippen LogP contribution in [0, 0.1) is 5.92 Å². The molecule has 3 aliphatic carbocycles. The fourth-order valence-electron chi connectivity index (χ4n) is 5.60. The van der Waals surface area contributed by atoms with E-state index in [1.807, 2.05) is 0 Å². The van der Waals surface area contributed by atoms with Gasteiger partial charge >= 0.3 is 0 Å². The molecule has 0 amide bonds. The summed E-state index contributed by atoms with van der Waals surface area (Å²) in [4.78, 5) is 12.5. The molecule has 0 aliphatic heterocycles. The lowest BCUT2D eigenvalue weighted by Gasteiger charge is -2.41. The van der Waals surface area contributed by atoms with Crippen LogP contribution in [0.4, 0.5) is 0 Å². The number of allylic oxidation sites excluding steroid dienone is 2. The Bertz CT molecular complexity index is 888. The van der Waals surface area contributed by atoms with Crippen molar-refractivity contribution in [2.24, 2.45) is 5.92 Å². The molecule has 1 saturated carbocycles. The number of carbonyl (C=O) groups is 1. The van der Waals surface area contributed by atoms with E-state index in [9.17, 15) is 4.79 Å². The Morgan fingerprint density at radius 2 is 2.04 bits per heavy atom. The molecule has 2 bridgehead atoms. The summed E-state index contributed by atoms with van der Waals surface area (Å²) in [6.45, 7) is 2.24. The van der Waals surface area contributed by atoms with Crippen LogP contribution < -0.4 is 0 Å². The van der Waals surface area contributed by atoms with Gasteiger partial charge in [0.2, 0.25) is 0 Å². The van der Waals surface area contributed by atoms with Crippen LogP contribution in [0.15, 0.2) is 42.0 Å². The molecule has 0 radical (unpaired) electrons. The number of ketones is 1. The molecule has 5 rings (SSSR count). The van der Waals surface area contributed by atoms with Crippen LogP contribution in [0.5, 0.6) is 0 Å². The van der Waals surface area contributed by atoms with Gasteiger partial charge in [0.25, 0.3) is 0 Å². The molecule has 2 aromatic carbocycles. The van der Waals surface area contributed by atoms with Gasteiger partial charge in [-0.15, -0.1) is 0 Å². The third-order valence-corrected chi connectivity index (χ3v) is 6.63. The molecule has 122 valence electrons. The minimum absolute atomic E-state index is 0.115. The van der Waals surface area contributed by atoms with Crippen molar-refractivity contribution in [1.29, 1.82) is 0 Å². The van der Waals surface area contributed by atoms with Gasteiger partial charge in [0.1, 0.15) is 5.78 Å². The highest BCUT2D eigenvalue weighted by atomic mass is 16.1. The number of carbonyl (C=O) groups excluding carboxylic acids is 1. The van der Waals surface area contributed by atoms with Gasteiger partial charge in [-0.25, -0.2) is 0 Å². The average Bonchev–Trinajstić information content (AvgIpc) is 3.15. The molecule has 2 aromatic rings. The van der Waals surface area contributed by atoms with Gasteiger partial charge in [-0.3, -0.25) is 4.79 Å². The van der Waals surface area contributed by atoms with E-state index in [1.165, 1.54) is 46.7 Å². The fraction of sp³-hybridized carbons (Fsp3) is 0.435. The van der Waals surface area contributed by atoms with Gasteiger partial charge in [0.15, 0.2) is 0 Å². The third kappa shape index (κ3) is 1.97. The lowest BCUT2D eigenvalue weighted by molar-refractivity contribution is -0.120. The largest absolute Gasteiger partial charge is 0.299 e. The van der Waals surface area contributed by atoms with E-state index in [4.69, 9.17) is 0 Å². The molecule has 0 heterocycles. The summed E-state index contributed by atoms with van der Waals surface area (Å²) >= 11 is 0. The third-order valence-electron chi connectivity index (χ3n) is 6.63. The van der Waals surface area contributed by atoms with E-state index >= 15 is 0 Å². The van der Waals surface area contributed by atoms with Crippen molar-refractivity contribution < 1.29 is 4.79 Å². The molecule has 0 saturated heterocycles. The maximum Gasteiger partial charge on any atom is 0.138 e. The maximum atomic E-state index is 12.5. The number of hydrogen-bond donors (Lipinski definition) is 0. The van der Waals surface area contributed by atoms with Crippen LogP contribution in [0.2, 0.25) is 0 Å². The Hall–Kier alpha value is -1.89. The predicted octanol–water partition coefficient (Wildman–Crippen LogP) is 5.29. The molecule has 2 atom stereocenters. The molecule has 2 unspecified atom stereocenters. The lowest BCUT2D eigenvalue weighted by atomic mass is 9.62. The van der Waals surface area contributed by atoms with E-state index in [0.717, 1.165) is 19.3 Å². The van der Waals surface area contributed by atoms with Crippen LogP contribution in [0.3, 0.4) is 0 Å². The summed E-state index contributed by atoms with van der Waals surface area (Å²) in [7, 11) is 0. The Morgan fingerprint density at radius 1 is 1.12 bits per heavy atom. The Kier molecular flexibility index (Phi) is 3.04. The van der Waals surface area contributed by atoms with E-state index in [-0.39, 0.29) is 5.41 Å². The fourth-order valence-corrected chi connectivity index (χ4v) is 5.60. The van der Waals surface area contributed by atoms with Gasteiger partial charge in [-0.2, -0.15) is 0 Å². The zero-order valence-corrected chi connectivity index (χ0v) is 14.4. The van der Waals surface area contributed by atoms with Crippen molar-refractivity contribution in [2.75, 3.05) is 0 Å². The molecule has 0 N–H and O–H groups in total. The molecule has 1 fully saturated rings. The van der Waals surface area contributed by atoms with Gasteiger partial charge in [-0.05, 0) is 59.1 Å². The second-order valence-corrected chi connectivity index (χ2v) is 8.17. The second-order valence-electron chi connectivity index (χ2n) is 8.17. The normalized spacial score (nSPS) is 27.8. The first-order chi connectivity index (χ1) is 11.7. The van der Waals surface area contributed by atoms with Crippen LogP contribution in [-0.2, 0) is 23.1 Å². The highest BCUT2D eigenvalue weighted by molar-refractivity contribution is 5.91. The number of rotatable bonds is 2. The molecule has 1 nitrogen and oxygen atoms in total. The van der Waals surface area contributed by atoms with Gasteiger partial charge in [0, 0.05) is 18.3 Å². The SMILES string of the molecule is CCCc1ccc2cc3c(cc2c1)C1(CC(=O)C3)CC2=CCC1C2. The molecule has 1 heteroatoms. The molecule has 3 aliphatic rings. The standard InChI is InChI=1S/C23H24O/c1-2-3-15-4-6-17-10-19-11-21(24)14-23(22(19)12-18(17)8-15)13-16-5-7-20(23)9-16/h4-6,8,10,12,20H,2-3,7,9,11,13-14H2,1H3. The van der Waals surface area contributed by atoms with Gasteiger partial charge in [0.05, 0.1) is 0 Å². The Morgan fingerprint density at radius 3 is 2.79 bits per heavy atom. The monoisotopic (exact) mass is 316 g/mol. The van der Waals surface area contributed by atoms with Crippen LogP contribution in [-0.4, -0.2) is 5.78 Å². The van der Waals surface area contributed by atoms with Gasteiger partial charge < -0.3 is 0 Å². The van der Waals surface area contributed by atoms with Crippen LogP contribution >= 0.6 is 0 Å². The van der Waals surface area contributed by atoms with Crippen molar-refractivity contribution in [1.82, 2.24) is 0 Å². The highest BCUT2D eigenvalue weighted by Crippen LogP contribution is 2.58. The van der Waals surface area contributed by atoms with Crippen molar-refractivity contribution in [3.63, 3.8) is 0 Å². The van der Waals surface area contributed by atoms with Crippen molar-refractivity contribution in [2.45, 2.75) is 57.3 Å². The molecular weight excluding hydrogens is 292 g/mol. The van der Waals surface area contributed by atoms with E-state index in [2.05, 4.69) is 43.3 Å². The summed E-state index contributed by atoms with van der Waals surface area (Å²) in [6.07, 6.45) is 9.68. The zero-order valence-electron chi connectivity index (χ0n) is 14.4. The van der Waals surface area contributed by atoms with Crippen LogP contribution in [0.25, 0.3) is 10.8 Å². The average molecular weight is 316 g/mol. The smallest absolute Gasteiger partial charge is 0.138 e. The minimum atomic E-state index is 0.115. The number of fused-ring (bicyclic) bond motifs is 6.